The van der Waals surface area contributed by atoms with Gasteiger partial charge in [-0.05, 0) is 49.3 Å². The van der Waals surface area contributed by atoms with Gasteiger partial charge in [0.2, 0.25) is 0 Å². The molecule has 3 rings (SSSR count). The lowest BCUT2D eigenvalue weighted by atomic mass is 9.57. The van der Waals surface area contributed by atoms with E-state index in [1.54, 1.807) is 12.1 Å². The maximum atomic E-state index is 13.2. The molecular formula is C16H19BrF3N. The summed E-state index contributed by atoms with van der Waals surface area (Å²) in [5.74, 6) is 0. The zero-order valence-corrected chi connectivity index (χ0v) is 13.4. The van der Waals surface area contributed by atoms with Gasteiger partial charge in [-0.1, -0.05) is 35.2 Å². The lowest BCUT2D eigenvalue weighted by molar-refractivity contribution is -0.137. The molecule has 1 spiro atoms. The molecular weight excluding hydrogens is 343 g/mol. The molecule has 1 unspecified atom stereocenters. The summed E-state index contributed by atoms with van der Waals surface area (Å²) in [6, 6.07) is 4.57. The highest BCUT2D eigenvalue weighted by Crippen LogP contribution is 2.53. The predicted octanol–water partition coefficient (Wildman–Crippen LogP) is 5.99. The first-order valence-corrected chi connectivity index (χ1v) is 8.33. The molecule has 2 saturated carbocycles. The van der Waals surface area contributed by atoms with Crippen LogP contribution >= 0.6 is 15.9 Å². The maximum Gasteiger partial charge on any atom is 0.418 e. The van der Waals surface area contributed by atoms with E-state index in [0.29, 0.717) is 4.47 Å². The molecule has 21 heavy (non-hydrogen) atoms. The third kappa shape index (κ3) is 2.94. The van der Waals surface area contributed by atoms with Gasteiger partial charge in [0.25, 0.3) is 0 Å². The van der Waals surface area contributed by atoms with Crippen molar-refractivity contribution in [2.75, 3.05) is 5.32 Å². The minimum absolute atomic E-state index is 0.195. The van der Waals surface area contributed by atoms with E-state index in [4.69, 9.17) is 0 Å². The summed E-state index contributed by atoms with van der Waals surface area (Å²) in [7, 11) is 0. The largest absolute Gasteiger partial charge is 0.418 e. The Morgan fingerprint density at radius 3 is 2.38 bits per heavy atom. The quantitative estimate of drug-likeness (QED) is 0.681. The van der Waals surface area contributed by atoms with Crippen molar-refractivity contribution in [3.8, 4) is 0 Å². The van der Waals surface area contributed by atoms with Gasteiger partial charge in [0.1, 0.15) is 0 Å². The average molecular weight is 362 g/mol. The summed E-state index contributed by atoms with van der Waals surface area (Å²) in [5, 5.41) is 3.20. The van der Waals surface area contributed by atoms with Gasteiger partial charge >= 0.3 is 6.18 Å². The first-order chi connectivity index (χ1) is 9.91. The van der Waals surface area contributed by atoms with E-state index in [1.807, 2.05) is 0 Å². The SMILES string of the molecule is FC(F)(F)c1cc(Br)ccc1NC1CCC12CCCCC2. The van der Waals surface area contributed by atoms with Crippen LogP contribution in [0.15, 0.2) is 22.7 Å². The van der Waals surface area contributed by atoms with Crippen LogP contribution in [0.5, 0.6) is 0 Å². The average Bonchev–Trinajstić information content (AvgIpc) is 2.44. The molecule has 0 radical (unpaired) electrons. The van der Waals surface area contributed by atoms with Crippen LogP contribution in [-0.2, 0) is 6.18 Å². The third-order valence-corrected chi connectivity index (χ3v) is 5.63. The highest BCUT2D eigenvalue weighted by Gasteiger charge is 2.47. The van der Waals surface area contributed by atoms with E-state index < -0.39 is 11.7 Å². The second-order valence-electron chi connectivity index (χ2n) is 6.35. The Morgan fingerprint density at radius 1 is 1.10 bits per heavy atom. The molecule has 5 heteroatoms. The maximum absolute atomic E-state index is 13.2. The first kappa shape index (κ1) is 15.2. The zero-order chi connectivity index (χ0) is 15.1. The Bertz CT molecular complexity index is 521. The molecule has 0 saturated heterocycles. The van der Waals surface area contributed by atoms with Crippen molar-refractivity contribution in [3.63, 3.8) is 0 Å². The Morgan fingerprint density at radius 2 is 1.81 bits per heavy atom. The number of hydrogen-bond donors (Lipinski definition) is 1. The van der Waals surface area contributed by atoms with E-state index >= 15 is 0 Å². The van der Waals surface area contributed by atoms with Gasteiger partial charge in [-0.25, -0.2) is 0 Å². The molecule has 116 valence electrons. The van der Waals surface area contributed by atoms with Gasteiger partial charge in [-0.2, -0.15) is 13.2 Å². The van der Waals surface area contributed by atoms with E-state index in [-0.39, 0.29) is 17.1 Å². The van der Waals surface area contributed by atoms with Gasteiger partial charge in [0.05, 0.1) is 5.56 Å². The molecule has 0 heterocycles. The Kier molecular flexibility index (Phi) is 3.97. The number of benzene rings is 1. The highest BCUT2D eigenvalue weighted by molar-refractivity contribution is 9.10. The fourth-order valence-corrected chi connectivity index (χ4v) is 4.20. The van der Waals surface area contributed by atoms with Crippen LogP contribution in [0.1, 0.15) is 50.5 Å². The van der Waals surface area contributed by atoms with Crippen molar-refractivity contribution in [1.29, 1.82) is 0 Å². The number of rotatable bonds is 2. The standard InChI is InChI=1S/C16H19BrF3N/c17-11-4-5-13(12(10-11)16(18,19)20)21-14-6-9-15(14)7-2-1-3-8-15/h4-5,10,14,21H,1-3,6-9H2. The molecule has 0 aromatic heterocycles. The number of halogens is 4. The van der Waals surface area contributed by atoms with Crippen LogP contribution in [0.4, 0.5) is 18.9 Å². The monoisotopic (exact) mass is 361 g/mol. The molecule has 2 aliphatic rings. The van der Waals surface area contributed by atoms with Crippen molar-refractivity contribution in [2.45, 2.75) is 57.2 Å². The second-order valence-corrected chi connectivity index (χ2v) is 7.26. The summed E-state index contributed by atoms with van der Waals surface area (Å²) in [5.41, 5.74) is -0.108. The van der Waals surface area contributed by atoms with E-state index in [0.717, 1.165) is 31.7 Å². The molecule has 0 amide bonds. The minimum Gasteiger partial charge on any atom is -0.381 e. The summed E-state index contributed by atoms with van der Waals surface area (Å²) < 4.78 is 40.0. The van der Waals surface area contributed by atoms with E-state index in [9.17, 15) is 13.2 Å². The summed E-state index contributed by atoms with van der Waals surface area (Å²) >= 11 is 3.13. The summed E-state index contributed by atoms with van der Waals surface area (Å²) in [6.07, 6.45) is 3.81. The molecule has 1 aromatic carbocycles. The van der Waals surface area contributed by atoms with Gasteiger partial charge in [-0.15, -0.1) is 0 Å². The molecule has 0 aliphatic heterocycles. The van der Waals surface area contributed by atoms with Gasteiger partial charge in [-0.3, -0.25) is 0 Å². The predicted molar refractivity (Wildman–Crippen MR) is 81.3 cm³/mol. The van der Waals surface area contributed by atoms with E-state index in [1.165, 1.54) is 19.3 Å². The second kappa shape index (κ2) is 5.49. The van der Waals surface area contributed by atoms with E-state index in [2.05, 4.69) is 21.2 Å². The van der Waals surface area contributed by atoms with Crippen molar-refractivity contribution >= 4 is 21.6 Å². The molecule has 1 atom stereocenters. The smallest absolute Gasteiger partial charge is 0.381 e. The number of hydrogen-bond acceptors (Lipinski definition) is 1. The van der Waals surface area contributed by atoms with Crippen LogP contribution < -0.4 is 5.32 Å². The lowest BCUT2D eigenvalue weighted by Gasteiger charge is -2.53. The van der Waals surface area contributed by atoms with Crippen molar-refractivity contribution in [1.82, 2.24) is 0 Å². The summed E-state index contributed by atoms with van der Waals surface area (Å²) in [4.78, 5) is 0. The topological polar surface area (TPSA) is 12.0 Å². The fourth-order valence-electron chi connectivity index (χ4n) is 3.84. The molecule has 0 bridgehead atoms. The number of alkyl halides is 3. The molecule has 1 N–H and O–H groups in total. The Hall–Kier alpha value is -0.710. The van der Waals surface area contributed by atoms with Gasteiger partial charge in [0, 0.05) is 16.2 Å². The normalized spacial score (nSPS) is 24.7. The molecule has 2 aliphatic carbocycles. The number of anilines is 1. The zero-order valence-electron chi connectivity index (χ0n) is 11.8. The van der Waals surface area contributed by atoms with Crippen molar-refractivity contribution in [2.24, 2.45) is 5.41 Å². The van der Waals surface area contributed by atoms with Crippen LogP contribution in [-0.4, -0.2) is 6.04 Å². The van der Waals surface area contributed by atoms with Crippen molar-refractivity contribution < 1.29 is 13.2 Å². The van der Waals surface area contributed by atoms with Crippen LogP contribution in [0.3, 0.4) is 0 Å². The lowest BCUT2D eigenvalue weighted by Crippen LogP contribution is -2.50. The molecule has 1 aromatic rings. The number of nitrogens with one attached hydrogen (secondary N) is 1. The van der Waals surface area contributed by atoms with Crippen LogP contribution in [0.25, 0.3) is 0 Å². The Balaban J connectivity index is 1.82. The van der Waals surface area contributed by atoms with Gasteiger partial charge in [0.15, 0.2) is 0 Å². The summed E-state index contributed by atoms with van der Waals surface area (Å²) in [6.45, 7) is 0. The van der Waals surface area contributed by atoms with Crippen molar-refractivity contribution in [3.05, 3.63) is 28.2 Å². The fraction of sp³-hybridized carbons (Fsp3) is 0.625. The molecule has 2 fully saturated rings. The molecule has 1 nitrogen and oxygen atoms in total. The minimum atomic E-state index is -4.32. The first-order valence-electron chi connectivity index (χ1n) is 7.54. The highest BCUT2D eigenvalue weighted by atomic mass is 79.9. The van der Waals surface area contributed by atoms with Gasteiger partial charge < -0.3 is 5.32 Å². The third-order valence-electron chi connectivity index (χ3n) is 5.14. The Labute approximate surface area is 131 Å². The van der Waals surface area contributed by atoms with Crippen LogP contribution in [0, 0.1) is 5.41 Å². The van der Waals surface area contributed by atoms with Crippen LogP contribution in [0.2, 0.25) is 0 Å².